The van der Waals surface area contributed by atoms with Gasteiger partial charge >= 0.3 is 0 Å². The van der Waals surface area contributed by atoms with E-state index in [1.54, 1.807) is 29.3 Å². The van der Waals surface area contributed by atoms with E-state index in [-0.39, 0.29) is 17.7 Å². The Labute approximate surface area is 325 Å². The topological polar surface area (TPSA) is 172 Å². The number of anilines is 2. The highest BCUT2D eigenvalue weighted by atomic mass is 16.5. The number of nitriles is 1. The normalized spacial score (nSPS) is 22.1. The number of rotatable bonds is 11. The van der Waals surface area contributed by atoms with Crippen molar-refractivity contribution in [2.24, 2.45) is 11.8 Å². The molecule has 1 aliphatic carbocycles. The Hall–Kier alpha value is -5.72. The van der Waals surface area contributed by atoms with E-state index in [9.17, 15) is 14.9 Å². The van der Waals surface area contributed by atoms with Crippen LogP contribution in [-0.2, 0) is 14.3 Å². The standard InChI is InChI=1S/C41H46N12O3/c42-19-28-17-32-22-46-53(40(32)45-20-28)38-18-35(43-21-29-25-56-26-29)37(23-44-38)52-24-36(48-49-52)31-3-1-27(2-4-31)11-12-50-13-15-51(16-14-50)33-7-5-30(6-8-33)34-9-10-39(54)47-41(34)55/h5-8,17-18,20,22-24,27,29,31,34H,1-4,9-16,21,25-26H2,(H,43,44)(H,47,54,55). The third kappa shape index (κ3) is 7.59. The van der Waals surface area contributed by atoms with Crippen LogP contribution in [0.4, 0.5) is 11.4 Å². The van der Waals surface area contributed by atoms with Crippen LogP contribution in [0.25, 0.3) is 22.5 Å². The van der Waals surface area contributed by atoms with Gasteiger partial charge in [-0.2, -0.15) is 15.0 Å². The predicted octanol–water partition coefficient (Wildman–Crippen LogP) is 4.33. The second kappa shape index (κ2) is 15.8. The lowest BCUT2D eigenvalue weighted by atomic mass is 9.79. The molecular formula is C41H46N12O3. The zero-order chi connectivity index (χ0) is 38.0. The molecule has 7 heterocycles. The maximum atomic E-state index is 12.3. The maximum absolute atomic E-state index is 12.3. The van der Waals surface area contributed by atoms with Crippen LogP contribution in [0, 0.1) is 23.2 Å². The van der Waals surface area contributed by atoms with Gasteiger partial charge in [-0.15, -0.1) is 5.10 Å². The second-order valence-corrected chi connectivity index (χ2v) is 15.7. The molecule has 15 nitrogen and oxygen atoms in total. The second-order valence-electron chi connectivity index (χ2n) is 15.7. The van der Waals surface area contributed by atoms with Crippen LogP contribution in [0.3, 0.4) is 0 Å². The van der Waals surface area contributed by atoms with E-state index in [2.05, 4.69) is 65.2 Å². The molecular weight excluding hydrogens is 709 g/mol. The predicted molar refractivity (Wildman–Crippen MR) is 209 cm³/mol. The average molecular weight is 755 g/mol. The van der Waals surface area contributed by atoms with E-state index in [1.807, 2.05) is 22.9 Å². The number of pyridine rings is 2. The number of piperidine rings is 1. The van der Waals surface area contributed by atoms with Crippen LogP contribution < -0.4 is 15.5 Å². The molecule has 5 aromatic rings. The number of piperazine rings is 1. The highest BCUT2D eigenvalue weighted by Gasteiger charge is 2.29. The monoisotopic (exact) mass is 754 g/mol. The van der Waals surface area contributed by atoms with Crippen molar-refractivity contribution in [3.63, 3.8) is 0 Å². The molecule has 4 aliphatic rings. The van der Waals surface area contributed by atoms with Crippen LogP contribution in [0.5, 0.6) is 0 Å². The molecule has 1 aromatic carbocycles. The molecule has 0 bridgehead atoms. The molecule has 3 saturated heterocycles. The molecule has 4 aromatic heterocycles. The summed E-state index contributed by atoms with van der Waals surface area (Å²) >= 11 is 0. The first-order valence-electron chi connectivity index (χ1n) is 19.9. The molecule has 1 atom stereocenters. The summed E-state index contributed by atoms with van der Waals surface area (Å²) in [7, 11) is 0. The van der Waals surface area contributed by atoms with Gasteiger partial charge in [0.25, 0.3) is 0 Å². The molecule has 0 spiro atoms. The lowest BCUT2D eigenvalue weighted by Gasteiger charge is -2.37. The number of ether oxygens (including phenoxy) is 1. The Morgan fingerprint density at radius 2 is 1.75 bits per heavy atom. The Morgan fingerprint density at radius 1 is 0.929 bits per heavy atom. The molecule has 2 amide bonds. The minimum absolute atomic E-state index is 0.177. The highest BCUT2D eigenvalue weighted by molar-refractivity contribution is 6.01. The number of benzene rings is 1. The van der Waals surface area contributed by atoms with E-state index in [4.69, 9.17) is 9.72 Å². The van der Waals surface area contributed by atoms with Gasteiger partial charge in [-0.1, -0.05) is 17.3 Å². The number of fused-ring (bicyclic) bond motifs is 1. The molecule has 1 saturated carbocycles. The van der Waals surface area contributed by atoms with Gasteiger partial charge in [0.05, 0.1) is 54.7 Å². The fourth-order valence-electron chi connectivity index (χ4n) is 8.54. The van der Waals surface area contributed by atoms with Crippen molar-refractivity contribution in [1.29, 1.82) is 5.26 Å². The number of hydrogen-bond donors (Lipinski definition) is 2. The molecule has 3 aliphatic heterocycles. The first-order chi connectivity index (χ1) is 27.5. The Morgan fingerprint density at radius 3 is 2.50 bits per heavy atom. The first-order valence-corrected chi connectivity index (χ1v) is 19.9. The lowest BCUT2D eigenvalue weighted by Crippen LogP contribution is -2.47. The Balaban J connectivity index is 0.776. The smallest absolute Gasteiger partial charge is 0.234 e. The summed E-state index contributed by atoms with van der Waals surface area (Å²) in [5, 5.41) is 29.9. The SMILES string of the molecule is N#Cc1cnc2c(cnn2-c2cc(NCC3COC3)c(-n3cc(C4CCC(CCN5CCN(c6ccc(C7CCC(=O)NC7=O)cc6)CC5)CC4)nn3)cn2)c1. The van der Waals surface area contributed by atoms with E-state index < -0.39 is 0 Å². The lowest BCUT2D eigenvalue weighted by molar-refractivity contribution is -0.134. The van der Waals surface area contributed by atoms with Crippen LogP contribution in [0.15, 0.2) is 61.2 Å². The summed E-state index contributed by atoms with van der Waals surface area (Å²) in [6.45, 7) is 7.47. The minimum atomic E-state index is -0.242. The summed E-state index contributed by atoms with van der Waals surface area (Å²) in [4.78, 5) is 38.1. The summed E-state index contributed by atoms with van der Waals surface area (Å²) in [6.07, 6.45) is 13.9. The molecule has 0 radical (unpaired) electrons. The number of nitrogens with zero attached hydrogens (tertiary/aromatic N) is 10. The molecule has 2 N–H and O–H groups in total. The van der Waals surface area contributed by atoms with Gasteiger partial charge in [-0.05, 0) is 74.8 Å². The number of hydrogen-bond acceptors (Lipinski definition) is 12. The molecule has 288 valence electrons. The van der Waals surface area contributed by atoms with Gasteiger partial charge in [0.15, 0.2) is 11.5 Å². The number of nitrogens with one attached hydrogen (secondary N) is 2. The van der Waals surface area contributed by atoms with Gasteiger partial charge in [0.1, 0.15) is 11.8 Å². The van der Waals surface area contributed by atoms with Crippen molar-refractivity contribution >= 4 is 34.2 Å². The molecule has 4 fully saturated rings. The van der Waals surface area contributed by atoms with Gasteiger partial charge in [0, 0.05) is 74.3 Å². The van der Waals surface area contributed by atoms with Gasteiger partial charge in [0.2, 0.25) is 11.8 Å². The van der Waals surface area contributed by atoms with Crippen molar-refractivity contribution in [1.82, 2.24) is 45.0 Å². The number of aromatic nitrogens is 7. The minimum Gasteiger partial charge on any atom is -0.383 e. The Kier molecular flexibility index (Phi) is 10.1. The van der Waals surface area contributed by atoms with Crippen molar-refractivity contribution in [2.75, 3.05) is 62.7 Å². The summed E-state index contributed by atoms with van der Waals surface area (Å²) in [5.41, 5.74) is 6.02. The number of amides is 2. The van der Waals surface area contributed by atoms with E-state index in [0.29, 0.717) is 41.7 Å². The zero-order valence-corrected chi connectivity index (χ0v) is 31.4. The summed E-state index contributed by atoms with van der Waals surface area (Å²) in [6, 6.07) is 14.2. The zero-order valence-electron chi connectivity index (χ0n) is 31.4. The number of carbonyl (C=O) groups is 2. The Bertz CT molecular complexity index is 2240. The van der Waals surface area contributed by atoms with Crippen molar-refractivity contribution in [3.8, 4) is 17.6 Å². The first kappa shape index (κ1) is 35.9. The highest BCUT2D eigenvalue weighted by Crippen LogP contribution is 2.37. The van der Waals surface area contributed by atoms with Crippen LogP contribution in [-0.4, -0.2) is 104 Å². The fourth-order valence-corrected chi connectivity index (χ4v) is 8.54. The molecule has 9 rings (SSSR count). The molecule has 1 unspecified atom stereocenters. The average Bonchev–Trinajstić information content (AvgIpc) is 3.88. The third-order valence-corrected chi connectivity index (χ3v) is 12.1. The van der Waals surface area contributed by atoms with E-state index >= 15 is 0 Å². The van der Waals surface area contributed by atoms with Crippen LogP contribution >= 0.6 is 0 Å². The molecule has 15 heteroatoms. The number of imide groups is 1. The van der Waals surface area contributed by atoms with E-state index in [1.165, 1.54) is 24.9 Å². The van der Waals surface area contributed by atoms with Crippen LogP contribution in [0.2, 0.25) is 0 Å². The summed E-state index contributed by atoms with van der Waals surface area (Å²) < 4.78 is 8.94. The number of carbonyl (C=O) groups excluding carboxylic acids is 2. The van der Waals surface area contributed by atoms with Crippen molar-refractivity contribution in [3.05, 3.63) is 78.0 Å². The van der Waals surface area contributed by atoms with Gasteiger partial charge < -0.3 is 15.0 Å². The third-order valence-electron chi connectivity index (χ3n) is 12.1. The quantitative estimate of drug-likeness (QED) is 0.183. The van der Waals surface area contributed by atoms with E-state index in [0.717, 1.165) is 99.3 Å². The largest absolute Gasteiger partial charge is 0.383 e. The van der Waals surface area contributed by atoms with Crippen LogP contribution in [0.1, 0.15) is 73.6 Å². The van der Waals surface area contributed by atoms with Gasteiger partial charge in [-0.3, -0.25) is 19.8 Å². The van der Waals surface area contributed by atoms with Gasteiger partial charge in [-0.25, -0.2) is 14.6 Å². The summed E-state index contributed by atoms with van der Waals surface area (Å²) in [5.74, 6) is 1.57. The van der Waals surface area contributed by atoms with Crippen molar-refractivity contribution in [2.45, 2.75) is 56.8 Å². The molecule has 56 heavy (non-hydrogen) atoms. The van der Waals surface area contributed by atoms with Crippen molar-refractivity contribution < 1.29 is 14.3 Å². The maximum Gasteiger partial charge on any atom is 0.234 e. The fraction of sp³-hybridized carbons (Fsp3) is 0.463.